The Bertz CT molecular complexity index is 690. The summed E-state index contributed by atoms with van der Waals surface area (Å²) in [5.74, 6) is 0.595. The van der Waals surface area contributed by atoms with Gasteiger partial charge < -0.3 is 20.1 Å². The summed E-state index contributed by atoms with van der Waals surface area (Å²) >= 11 is 0. The summed E-state index contributed by atoms with van der Waals surface area (Å²) < 4.78 is 18.6. The topological polar surface area (TPSA) is 61.8 Å². The minimum absolute atomic E-state index is 0.236. The molecule has 1 aliphatic heterocycles. The number of aliphatic hydroxyl groups is 1. The lowest BCUT2D eigenvalue weighted by Gasteiger charge is -2.16. The van der Waals surface area contributed by atoms with E-state index in [4.69, 9.17) is 4.74 Å². The fourth-order valence-electron chi connectivity index (χ4n) is 2.40. The summed E-state index contributed by atoms with van der Waals surface area (Å²) in [7, 11) is 0. The summed E-state index contributed by atoms with van der Waals surface area (Å²) in [6.45, 7) is 0.903. The summed E-state index contributed by atoms with van der Waals surface area (Å²) in [4.78, 5) is 13.6. The number of carbonyl (C=O) groups is 1. The molecular weight excluding hydrogens is 299 g/mol. The molecule has 0 radical (unpaired) electrons. The number of anilines is 1. The number of amides is 2. The maximum absolute atomic E-state index is 13.1. The van der Waals surface area contributed by atoms with Gasteiger partial charge in [0.05, 0.1) is 6.10 Å². The third-order valence-corrected chi connectivity index (χ3v) is 3.59. The first-order chi connectivity index (χ1) is 11.1. The van der Waals surface area contributed by atoms with Crippen molar-refractivity contribution >= 4 is 11.7 Å². The summed E-state index contributed by atoms with van der Waals surface area (Å²) in [5.41, 5.74) is 0.628. The van der Waals surface area contributed by atoms with E-state index < -0.39 is 6.10 Å². The van der Waals surface area contributed by atoms with Gasteiger partial charge in [-0.3, -0.25) is 0 Å². The van der Waals surface area contributed by atoms with Crippen LogP contribution in [0.15, 0.2) is 48.5 Å². The van der Waals surface area contributed by atoms with Crippen molar-refractivity contribution in [3.63, 3.8) is 0 Å². The molecule has 0 bridgehead atoms. The van der Waals surface area contributed by atoms with E-state index in [0.29, 0.717) is 36.7 Å². The summed E-state index contributed by atoms with van der Waals surface area (Å²) in [5, 5.41) is 12.2. The van der Waals surface area contributed by atoms with E-state index in [-0.39, 0.29) is 11.8 Å². The highest BCUT2D eigenvalue weighted by atomic mass is 19.1. The lowest BCUT2D eigenvalue weighted by molar-refractivity contribution is 0.176. The molecule has 0 aliphatic carbocycles. The molecule has 0 unspecified atom stereocenters. The second kappa shape index (κ2) is 6.66. The minimum atomic E-state index is -0.442. The third kappa shape index (κ3) is 3.98. The molecular formula is C17H17FN2O3. The first-order valence-electron chi connectivity index (χ1n) is 7.37. The predicted molar refractivity (Wildman–Crippen MR) is 84.1 cm³/mol. The number of hydrogen-bond acceptors (Lipinski definition) is 3. The Hall–Kier alpha value is -2.60. The van der Waals surface area contributed by atoms with E-state index in [9.17, 15) is 14.3 Å². The van der Waals surface area contributed by atoms with Crippen molar-refractivity contribution in [1.29, 1.82) is 0 Å². The number of likely N-dealkylation sites (tertiary alicyclic amines) is 1. The summed E-state index contributed by atoms with van der Waals surface area (Å²) in [6.07, 6.45) is 0.163. The molecule has 0 aromatic heterocycles. The van der Waals surface area contributed by atoms with E-state index in [2.05, 4.69) is 5.32 Å². The van der Waals surface area contributed by atoms with E-state index in [1.165, 1.54) is 12.1 Å². The van der Waals surface area contributed by atoms with Crippen molar-refractivity contribution in [3.8, 4) is 11.5 Å². The van der Waals surface area contributed by atoms with Crippen LogP contribution in [-0.2, 0) is 0 Å². The first-order valence-corrected chi connectivity index (χ1v) is 7.37. The molecule has 23 heavy (non-hydrogen) atoms. The van der Waals surface area contributed by atoms with Crippen LogP contribution in [-0.4, -0.2) is 35.2 Å². The highest BCUT2D eigenvalue weighted by molar-refractivity contribution is 5.89. The number of carbonyl (C=O) groups excluding carboxylic acids is 1. The van der Waals surface area contributed by atoms with Crippen LogP contribution >= 0.6 is 0 Å². The Morgan fingerprint density at radius 3 is 2.65 bits per heavy atom. The number of ether oxygens (including phenoxy) is 1. The number of nitrogens with zero attached hydrogens (tertiary/aromatic N) is 1. The highest BCUT2D eigenvalue weighted by Crippen LogP contribution is 2.23. The third-order valence-electron chi connectivity index (χ3n) is 3.59. The molecule has 1 fully saturated rings. The summed E-state index contributed by atoms with van der Waals surface area (Å²) in [6, 6.07) is 12.5. The lowest BCUT2D eigenvalue weighted by Crippen LogP contribution is -2.33. The maximum Gasteiger partial charge on any atom is 0.321 e. The van der Waals surface area contributed by atoms with Crippen molar-refractivity contribution in [2.75, 3.05) is 18.4 Å². The van der Waals surface area contributed by atoms with E-state index in [1.54, 1.807) is 41.3 Å². The largest absolute Gasteiger partial charge is 0.457 e. The Morgan fingerprint density at radius 1 is 1.22 bits per heavy atom. The molecule has 1 heterocycles. The number of halogens is 1. The molecule has 120 valence electrons. The van der Waals surface area contributed by atoms with Gasteiger partial charge in [0.25, 0.3) is 0 Å². The number of urea groups is 1. The van der Waals surface area contributed by atoms with Crippen molar-refractivity contribution in [3.05, 3.63) is 54.3 Å². The minimum Gasteiger partial charge on any atom is -0.457 e. The van der Waals surface area contributed by atoms with Crippen LogP contribution in [0, 0.1) is 5.82 Å². The van der Waals surface area contributed by atoms with Gasteiger partial charge in [0.15, 0.2) is 0 Å². The second-order valence-corrected chi connectivity index (χ2v) is 5.40. The normalized spacial score (nSPS) is 17.1. The van der Waals surface area contributed by atoms with Crippen LogP contribution in [0.3, 0.4) is 0 Å². The van der Waals surface area contributed by atoms with E-state index >= 15 is 0 Å². The van der Waals surface area contributed by atoms with Gasteiger partial charge in [-0.25, -0.2) is 9.18 Å². The highest BCUT2D eigenvalue weighted by Gasteiger charge is 2.24. The quantitative estimate of drug-likeness (QED) is 0.914. The Labute approximate surface area is 133 Å². The number of hydrogen-bond donors (Lipinski definition) is 2. The zero-order valence-corrected chi connectivity index (χ0v) is 12.4. The van der Waals surface area contributed by atoms with Crippen molar-refractivity contribution in [2.45, 2.75) is 12.5 Å². The Kier molecular flexibility index (Phi) is 4.43. The number of benzene rings is 2. The van der Waals surface area contributed by atoms with Gasteiger partial charge >= 0.3 is 6.03 Å². The molecule has 1 saturated heterocycles. The van der Waals surface area contributed by atoms with Gasteiger partial charge in [-0.05, 0) is 42.8 Å². The van der Waals surface area contributed by atoms with Crippen molar-refractivity contribution < 1.29 is 19.0 Å². The van der Waals surface area contributed by atoms with Gasteiger partial charge in [-0.1, -0.05) is 6.07 Å². The zero-order valence-electron chi connectivity index (χ0n) is 12.4. The fourth-order valence-corrected chi connectivity index (χ4v) is 2.40. The average Bonchev–Trinajstić information content (AvgIpc) is 2.96. The van der Waals surface area contributed by atoms with Crippen LogP contribution in [0.25, 0.3) is 0 Å². The molecule has 2 aromatic rings. The van der Waals surface area contributed by atoms with Crippen LogP contribution in [0.5, 0.6) is 11.5 Å². The second-order valence-electron chi connectivity index (χ2n) is 5.40. The van der Waals surface area contributed by atoms with E-state index in [1.807, 2.05) is 0 Å². The van der Waals surface area contributed by atoms with Gasteiger partial charge in [-0.2, -0.15) is 0 Å². The van der Waals surface area contributed by atoms with Crippen molar-refractivity contribution in [1.82, 2.24) is 4.90 Å². The molecule has 0 saturated carbocycles. The Balaban J connectivity index is 1.59. The molecule has 1 aliphatic rings. The zero-order chi connectivity index (χ0) is 16.2. The number of nitrogens with one attached hydrogen (secondary N) is 1. The van der Waals surface area contributed by atoms with E-state index in [0.717, 1.165) is 0 Å². The standard InChI is InChI=1S/C17H17FN2O3/c18-12-2-1-3-16(10-12)23-15-6-4-13(5-7-15)19-17(22)20-9-8-14(21)11-20/h1-7,10,14,21H,8-9,11H2,(H,19,22)/t14-/m1/s1. The molecule has 2 aromatic carbocycles. The number of β-amino-alcohol motifs (C(OH)–C–C–N with tert-alkyl or cyclic N) is 1. The maximum atomic E-state index is 13.1. The monoisotopic (exact) mass is 316 g/mol. The van der Waals surface area contributed by atoms with Gasteiger partial charge in [0, 0.05) is 24.8 Å². The SMILES string of the molecule is O=C(Nc1ccc(Oc2cccc(F)c2)cc1)N1CC[C@@H](O)C1. The molecule has 2 N–H and O–H groups in total. The van der Waals surface area contributed by atoms with Crippen LogP contribution in [0.4, 0.5) is 14.9 Å². The van der Waals surface area contributed by atoms with Crippen LogP contribution < -0.4 is 10.1 Å². The predicted octanol–water partition coefficient (Wildman–Crippen LogP) is 3.22. The van der Waals surface area contributed by atoms with Crippen LogP contribution in [0.1, 0.15) is 6.42 Å². The van der Waals surface area contributed by atoms with Gasteiger partial charge in [0.2, 0.25) is 0 Å². The lowest BCUT2D eigenvalue weighted by atomic mass is 10.3. The average molecular weight is 316 g/mol. The molecule has 5 nitrogen and oxygen atoms in total. The fraction of sp³-hybridized carbons (Fsp3) is 0.235. The molecule has 1 atom stereocenters. The Morgan fingerprint density at radius 2 is 2.00 bits per heavy atom. The van der Waals surface area contributed by atoms with Crippen LogP contribution in [0.2, 0.25) is 0 Å². The van der Waals surface area contributed by atoms with Crippen molar-refractivity contribution in [2.24, 2.45) is 0 Å². The molecule has 2 amide bonds. The molecule has 3 rings (SSSR count). The molecule has 6 heteroatoms. The smallest absolute Gasteiger partial charge is 0.321 e. The van der Waals surface area contributed by atoms with Gasteiger partial charge in [-0.15, -0.1) is 0 Å². The molecule has 0 spiro atoms. The first kappa shape index (κ1) is 15.3. The van der Waals surface area contributed by atoms with Gasteiger partial charge in [0.1, 0.15) is 17.3 Å². The number of aliphatic hydroxyl groups excluding tert-OH is 1. The number of rotatable bonds is 3.